The van der Waals surface area contributed by atoms with Gasteiger partial charge in [0.15, 0.2) is 0 Å². The summed E-state index contributed by atoms with van der Waals surface area (Å²) in [5, 5.41) is 75.2. The normalized spacial score (nSPS) is 36.8. The Morgan fingerprint density at radius 2 is 0.896 bits per heavy atom. The number of hydrogen-bond donors (Lipinski definition) is 10. The van der Waals surface area contributed by atoms with Crippen molar-refractivity contribution in [3.05, 3.63) is 142 Å². The van der Waals surface area contributed by atoms with Gasteiger partial charge in [-0.05, 0) is 317 Å². The van der Waals surface area contributed by atoms with Crippen LogP contribution in [0.15, 0.2) is 97.3 Å². The first-order valence-corrected chi connectivity index (χ1v) is 46.6. The average Bonchev–Trinajstić information content (AvgIpc) is 1.67. The summed E-state index contributed by atoms with van der Waals surface area (Å²) in [5.74, 6) is 0.982. The summed E-state index contributed by atoms with van der Waals surface area (Å²) in [6, 6.07) is 21.0. The van der Waals surface area contributed by atoms with Crippen LogP contribution in [0.5, 0.6) is 0 Å². The first kappa shape index (κ1) is 87.3. The van der Waals surface area contributed by atoms with E-state index < -0.39 is 37.8 Å². The molecular weight excluding hydrogens is 1640 g/mol. The van der Waals surface area contributed by atoms with Gasteiger partial charge < -0.3 is 51.9 Å². The Balaban J connectivity index is 0.000000201. The molecule has 10 fully saturated rings. The molecule has 2 heterocycles. The van der Waals surface area contributed by atoms with Gasteiger partial charge in [0.05, 0.1) is 70.9 Å². The molecule has 21 atom stereocenters. The molecule has 10 aliphatic rings. The number of benzene rings is 2. The molecule has 14 rings (SSSR count). The van der Waals surface area contributed by atoms with E-state index >= 15 is 0 Å². The quantitative estimate of drug-likeness (QED) is 0.0390. The van der Waals surface area contributed by atoms with Gasteiger partial charge in [-0.25, -0.2) is 9.59 Å². The van der Waals surface area contributed by atoms with Gasteiger partial charge in [0.1, 0.15) is 0 Å². The van der Waals surface area contributed by atoms with Gasteiger partial charge in [-0.2, -0.15) is 0 Å². The molecule has 10 N–H and O–H groups in total. The zero-order valence-corrected chi connectivity index (χ0v) is 72.4. The number of aliphatic hydroxyl groups excluding tert-OH is 3. The van der Waals surface area contributed by atoms with E-state index in [1.54, 1.807) is 31.2 Å². The number of pyridine rings is 2. The standard InChI is InChI=1S/C46H65N3O7.C46H63N3O5.4O.Os/c1-41(2)34-15-19-44(5)35(42(34,3)18-16-36(41)51)13-12-32-37-33(45(6,56)27-50)14-20-46(37,22-21-43(32,44)4)40(55)47-23-17-28-8-7-9-29(24-28)38(52)49-26-31-11-10-30(25-48-31)39(53)54;1-28(2)33-15-21-46(41(54)47-24-18-29-9-8-10-30(25-29)39(51)49-27-32-12-11-31(26-48-32)40(52)53)23-22-44(6)34(38(33)46)13-14-36-43(5)19-17-37(50)42(3,4)35(43)16-20-45(36,44)7;;;;;/h7-11,24-25,32-37,50-51,56H,12-23,26-27H2,1-6H3,(H,47,55)(H,49,52)(H,53,54);8-12,25-26,33-38,50H,1,13-24,27H2,2-7H3,(H,47,54)(H,49,51)(H,52,53);;;;;/t32?,33-,34?,35?,36+,37?,42+,43-,44-,45?,46+;33-,34?,35?,36?,37-,38?,43-,44+,45+,46-;;;;;/m10...../s1. The molecule has 0 saturated heterocycles. The number of hydrogen-bond acceptors (Lipinski definition) is 16. The van der Waals surface area contributed by atoms with Crippen molar-refractivity contribution in [2.24, 2.45) is 113 Å². The zero-order valence-electron chi connectivity index (χ0n) is 69.8. The molecule has 22 nitrogen and oxygen atoms in total. The van der Waals surface area contributed by atoms with Crippen LogP contribution in [0.2, 0.25) is 0 Å². The summed E-state index contributed by atoms with van der Waals surface area (Å²) in [7, 11) is 0. The van der Waals surface area contributed by atoms with Crippen molar-refractivity contribution in [1.82, 2.24) is 31.2 Å². The summed E-state index contributed by atoms with van der Waals surface area (Å²) in [6.07, 6.45) is 23.4. The topological polar surface area (TPSA) is 366 Å². The second-order valence-electron chi connectivity index (χ2n) is 39.9. The molecule has 2 aromatic carbocycles. The van der Waals surface area contributed by atoms with E-state index in [9.17, 15) is 49.2 Å². The predicted molar refractivity (Wildman–Crippen MR) is 427 cm³/mol. The van der Waals surface area contributed by atoms with Crippen LogP contribution in [0.3, 0.4) is 0 Å². The van der Waals surface area contributed by atoms with Crippen LogP contribution >= 0.6 is 0 Å². The molecule has 4 aromatic rings. The Morgan fingerprint density at radius 1 is 0.487 bits per heavy atom. The Labute approximate surface area is 681 Å². The van der Waals surface area contributed by atoms with E-state index in [-0.39, 0.29) is 133 Å². The van der Waals surface area contributed by atoms with Crippen LogP contribution in [-0.4, -0.2) is 114 Å². The van der Waals surface area contributed by atoms with Gasteiger partial charge in [-0.15, -0.1) is 0 Å². The van der Waals surface area contributed by atoms with E-state index in [1.807, 2.05) is 36.4 Å². The first-order valence-electron chi connectivity index (χ1n) is 42.4. The number of aromatic nitrogens is 2. The first-order chi connectivity index (χ1) is 53.8. The fourth-order valence-corrected chi connectivity index (χ4v) is 27.9. The minimum absolute atomic E-state index is 0.0221. The molecule has 4 amide bonds. The van der Waals surface area contributed by atoms with Gasteiger partial charge in [0.25, 0.3) is 11.8 Å². The monoisotopic (exact) mass is 1760 g/mol. The summed E-state index contributed by atoms with van der Waals surface area (Å²) >= 11 is -6.06. The van der Waals surface area contributed by atoms with Crippen molar-refractivity contribution in [3.63, 3.8) is 0 Å². The summed E-state index contributed by atoms with van der Waals surface area (Å²) in [4.78, 5) is 85.9. The summed E-state index contributed by atoms with van der Waals surface area (Å²) in [6.45, 7) is 34.0. The molecule has 630 valence electrons. The number of amides is 4. The van der Waals surface area contributed by atoms with Gasteiger partial charge in [-0.3, -0.25) is 29.1 Å². The average molecular weight is 1760 g/mol. The maximum absolute atomic E-state index is 14.7. The number of fused-ring (bicyclic) bond motifs is 14. The zero-order chi connectivity index (χ0) is 83.8. The van der Waals surface area contributed by atoms with Crippen molar-refractivity contribution in [1.29, 1.82) is 0 Å². The van der Waals surface area contributed by atoms with Gasteiger partial charge in [0.2, 0.25) is 11.8 Å². The molecular formula is C92H128N6O16Os. The Kier molecular flexibility index (Phi) is 24.5. The maximum atomic E-state index is 14.7. The minimum atomic E-state index is -6.06. The SMILES string of the molecule is C=C(C)[C@@H]1CC[C@]2(C(=O)NCCc3cccc(C(=O)NCc4ccc(C(=O)O)cn4)c3)CC[C@]3(C)C(CCC4[C@@]5(C)CC[C@H](O)C(C)(C)C5CC[C@]43C)C12.CC(O)(CO)[C@@H]1CC[C@]2(C(=O)NCCc3cccc(C(=O)NCc4ccc(C(=O)O)cn4)c3)CC[C@]3(C)C(CCC4[C@@]5(C)CC[C@H](O)C(C)(C)C5CC[C@]43C)C12.[O]=[Os](=[O])(=[O])=[O]. The van der Waals surface area contributed by atoms with Crippen LogP contribution < -0.4 is 21.3 Å². The van der Waals surface area contributed by atoms with Crippen molar-refractivity contribution in [2.45, 2.75) is 255 Å². The third-order valence-corrected chi connectivity index (χ3v) is 34.3. The Hall–Kier alpha value is -7.02. The van der Waals surface area contributed by atoms with Crippen molar-refractivity contribution < 1.29 is 88.4 Å². The number of allylic oxidation sites excluding steroid dienone is 1. The molecule has 0 radical (unpaired) electrons. The molecule has 0 aliphatic heterocycles. The predicted octanol–water partition coefficient (Wildman–Crippen LogP) is 14.5. The van der Waals surface area contributed by atoms with Crippen LogP contribution in [0.4, 0.5) is 0 Å². The third kappa shape index (κ3) is 15.7. The van der Waals surface area contributed by atoms with E-state index in [0.717, 1.165) is 101 Å². The Morgan fingerprint density at radius 3 is 1.29 bits per heavy atom. The molecule has 2 aromatic heterocycles. The number of aliphatic hydroxyl groups is 4. The van der Waals surface area contributed by atoms with E-state index in [1.165, 1.54) is 55.8 Å². The van der Waals surface area contributed by atoms with Gasteiger partial charge in [0, 0.05) is 36.6 Å². The summed E-state index contributed by atoms with van der Waals surface area (Å²) in [5.41, 5.74) is 3.78. The fourth-order valence-electron chi connectivity index (χ4n) is 27.9. The molecule has 10 saturated carbocycles. The van der Waals surface area contributed by atoms with Crippen LogP contribution in [0.25, 0.3) is 0 Å². The number of rotatable bonds is 19. The van der Waals surface area contributed by atoms with Gasteiger partial charge >= 0.3 is 40.9 Å². The van der Waals surface area contributed by atoms with Crippen molar-refractivity contribution >= 4 is 35.6 Å². The summed E-state index contributed by atoms with van der Waals surface area (Å²) < 4.78 is 34.5. The van der Waals surface area contributed by atoms with Crippen molar-refractivity contribution in [3.8, 4) is 0 Å². The number of carboxylic acids is 2. The molecule has 0 bridgehead atoms. The molecule has 23 heteroatoms. The fraction of sp³-hybridized carbons (Fsp3) is 0.674. The number of carbonyl (C=O) groups is 6. The van der Waals surface area contributed by atoms with Crippen LogP contribution in [-0.2, 0) is 64.5 Å². The van der Waals surface area contributed by atoms with Crippen molar-refractivity contribution in [2.75, 3.05) is 19.7 Å². The van der Waals surface area contributed by atoms with Crippen LogP contribution in [0, 0.1) is 113 Å². The van der Waals surface area contributed by atoms with E-state index in [0.29, 0.717) is 103 Å². The second-order valence-corrected chi connectivity index (χ2v) is 42.5. The number of aromatic carboxylic acids is 2. The Bertz CT molecular complexity index is 4590. The molecule has 0 spiro atoms. The number of carbonyl (C=O) groups excluding carboxylic acids is 4. The number of carboxylic acid groups (broad SMARTS) is 2. The molecule has 9 unspecified atom stereocenters. The second kappa shape index (κ2) is 32.3. The molecule has 10 aliphatic carbocycles. The van der Waals surface area contributed by atoms with E-state index in [2.05, 4.69) is 114 Å². The molecule has 115 heavy (non-hydrogen) atoms. The van der Waals surface area contributed by atoms with Gasteiger partial charge in [-0.1, -0.05) is 106 Å². The number of nitrogens with one attached hydrogen (secondary N) is 4. The van der Waals surface area contributed by atoms with Crippen LogP contribution in [0.1, 0.15) is 275 Å². The third-order valence-electron chi connectivity index (χ3n) is 34.3. The number of nitrogens with zero attached hydrogens (tertiary/aromatic N) is 2. The van der Waals surface area contributed by atoms with E-state index in [4.69, 9.17) is 24.4 Å².